The van der Waals surface area contributed by atoms with Crippen LogP contribution in [0.1, 0.15) is 21.7 Å². The molecule has 0 atom stereocenters. The zero-order chi connectivity index (χ0) is 11.7. The Hall–Kier alpha value is -1.88. The van der Waals surface area contributed by atoms with E-state index in [0.717, 1.165) is 11.4 Å². The first-order valence-electron chi connectivity index (χ1n) is 4.83. The normalized spacial score (nSPS) is 10.9. The van der Waals surface area contributed by atoms with Gasteiger partial charge in [0.25, 0.3) is 0 Å². The van der Waals surface area contributed by atoms with Crippen LogP contribution < -0.4 is 0 Å². The number of aromatic carboxylic acids is 1. The van der Waals surface area contributed by atoms with Gasteiger partial charge in [-0.25, -0.2) is 9.78 Å². The van der Waals surface area contributed by atoms with E-state index in [9.17, 15) is 4.79 Å². The monoisotopic (exact) mass is 220 g/mol. The van der Waals surface area contributed by atoms with Crippen molar-refractivity contribution in [2.45, 2.75) is 13.5 Å². The van der Waals surface area contributed by atoms with Crippen molar-refractivity contribution in [1.29, 1.82) is 0 Å². The molecule has 2 heterocycles. The zero-order valence-corrected chi connectivity index (χ0v) is 9.10. The van der Waals surface area contributed by atoms with Crippen LogP contribution in [-0.2, 0) is 11.3 Å². The highest BCUT2D eigenvalue weighted by molar-refractivity contribution is 5.94. The van der Waals surface area contributed by atoms with Crippen molar-refractivity contribution in [3.63, 3.8) is 0 Å². The lowest BCUT2D eigenvalue weighted by atomic mass is 10.3. The van der Waals surface area contributed by atoms with Gasteiger partial charge in [-0.1, -0.05) is 0 Å². The minimum absolute atomic E-state index is 0.209. The Balaban J connectivity index is 2.66. The number of ether oxygens (including phenoxy) is 1. The first-order chi connectivity index (χ1) is 7.63. The van der Waals surface area contributed by atoms with E-state index in [-0.39, 0.29) is 5.56 Å². The molecule has 2 rings (SSSR count). The molecule has 0 aliphatic heterocycles. The molecular formula is C11H12N2O3. The molecule has 0 saturated carbocycles. The van der Waals surface area contributed by atoms with E-state index in [1.54, 1.807) is 23.8 Å². The first kappa shape index (κ1) is 10.6. The summed E-state index contributed by atoms with van der Waals surface area (Å²) in [6.07, 6.45) is 1.71. The molecule has 0 fully saturated rings. The van der Waals surface area contributed by atoms with E-state index in [1.165, 1.54) is 0 Å². The summed E-state index contributed by atoms with van der Waals surface area (Å²) in [5, 5.41) is 9.00. The molecule has 0 spiro atoms. The number of hydrogen-bond acceptors (Lipinski definition) is 3. The molecular weight excluding hydrogens is 208 g/mol. The number of fused-ring (bicyclic) bond motifs is 1. The zero-order valence-electron chi connectivity index (χ0n) is 9.10. The molecule has 0 saturated heterocycles. The molecule has 16 heavy (non-hydrogen) atoms. The van der Waals surface area contributed by atoms with Gasteiger partial charge in [0, 0.05) is 19.0 Å². The van der Waals surface area contributed by atoms with Gasteiger partial charge in [0.2, 0.25) is 0 Å². The van der Waals surface area contributed by atoms with Crippen molar-refractivity contribution in [2.75, 3.05) is 7.11 Å². The average molecular weight is 220 g/mol. The number of carbonyl (C=O) groups is 1. The largest absolute Gasteiger partial charge is 0.478 e. The quantitative estimate of drug-likeness (QED) is 0.851. The Morgan fingerprint density at radius 2 is 2.38 bits per heavy atom. The summed E-state index contributed by atoms with van der Waals surface area (Å²) in [4.78, 5) is 15.2. The van der Waals surface area contributed by atoms with Crippen molar-refractivity contribution in [2.24, 2.45) is 0 Å². The Labute approximate surface area is 92.3 Å². The van der Waals surface area contributed by atoms with E-state index in [2.05, 4.69) is 4.98 Å². The molecule has 0 aliphatic carbocycles. The second kappa shape index (κ2) is 3.94. The smallest absolute Gasteiger partial charge is 0.339 e. The minimum atomic E-state index is -0.969. The van der Waals surface area contributed by atoms with Crippen LogP contribution in [0.5, 0.6) is 0 Å². The number of nitrogens with zero attached hydrogens (tertiary/aromatic N) is 2. The van der Waals surface area contributed by atoms with Gasteiger partial charge >= 0.3 is 5.97 Å². The first-order valence-corrected chi connectivity index (χ1v) is 4.83. The highest BCUT2D eigenvalue weighted by atomic mass is 16.5. The van der Waals surface area contributed by atoms with Crippen molar-refractivity contribution < 1.29 is 14.6 Å². The molecule has 1 N–H and O–H groups in total. The third-order valence-electron chi connectivity index (χ3n) is 2.39. The molecule has 0 radical (unpaired) electrons. The third-order valence-corrected chi connectivity index (χ3v) is 2.39. The van der Waals surface area contributed by atoms with Crippen LogP contribution >= 0.6 is 0 Å². The Bertz CT molecular complexity index is 545. The Kier molecular flexibility index (Phi) is 2.62. The van der Waals surface area contributed by atoms with Gasteiger partial charge in [-0.15, -0.1) is 0 Å². The molecule has 5 heteroatoms. The van der Waals surface area contributed by atoms with Crippen LogP contribution in [0, 0.1) is 6.92 Å². The number of carboxylic acid groups (broad SMARTS) is 1. The minimum Gasteiger partial charge on any atom is -0.478 e. The summed E-state index contributed by atoms with van der Waals surface area (Å²) in [5.74, 6) is -0.969. The van der Waals surface area contributed by atoms with Gasteiger partial charge in [0.05, 0.1) is 12.3 Å². The molecule has 2 aromatic rings. The third kappa shape index (κ3) is 1.65. The summed E-state index contributed by atoms with van der Waals surface area (Å²) in [6, 6.07) is 3.43. The highest BCUT2D eigenvalue weighted by Crippen LogP contribution is 2.14. The maximum atomic E-state index is 11.0. The second-order valence-corrected chi connectivity index (χ2v) is 3.55. The number of carboxylic acids is 1. The lowest BCUT2D eigenvalue weighted by Gasteiger charge is -2.05. The average Bonchev–Trinajstić information content (AvgIpc) is 2.62. The summed E-state index contributed by atoms with van der Waals surface area (Å²) in [7, 11) is 1.58. The maximum absolute atomic E-state index is 11.0. The molecule has 5 nitrogen and oxygen atoms in total. The molecule has 0 aliphatic rings. The molecule has 0 unspecified atom stereocenters. The van der Waals surface area contributed by atoms with E-state index in [0.29, 0.717) is 12.3 Å². The number of rotatable bonds is 3. The molecule has 2 aromatic heterocycles. The van der Waals surface area contributed by atoms with Crippen LogP contribution in [0.4, 0.5) is 0 Å². The van der Waals surface area contributed by atoms with Crippen LogP contribution in [0.25, 0.3) is 5.65 Å². The predicted octanol–water partition coefficient (Wildman–Crippen LogP) is 1.49. The lowest BCUT2D eigenvalue weighted by Crippen LogP contribution is -2.03. The molecule has 0 bridgehead atoms. The summed E-state index contributed by atoms with van der Waals surface area (Å²) >= 11 is 0. The van der Waals surface area contributed by atoms with Crippen LogP contribution in [0.2, 0.25) is 0 Å². The summed E-state index contributed by atoms with van der Waals surface area (Å²) in [5.41, 5.74) is 2.33. The highest BCUT2D eigenvalue weighted by Gasteiger charge is 2.13. The van der Waals surface area contributed by atoms with Crippen molar-refractivity contribution in [3.8, 4) is 0 Å². The number of methoxy groups -OCH3 is 1. The van der Waals surface area contributed by atoms with Crippen LogP contribution in [0.15, 0.2) is 18.3 Å². The molecule has 84 valence electrons. The van der Waals surface area contributed by atoms with Crippen molar-refractivity contribution in [1.82, 2.24) is 9.38 Å². The molecule has 0 amide bonds. The molecule has 0 aromatic carbocycles. The van der Waals surface area contributed by atoms with Gasteiger partial charge in [0.15, 0.2) is 5.65 Å². The van der Waals surface area contributed by atoms with E-state index in [1.807, 2.05) is 13.0 Å². The number of aryl methyl sites for hydroxylation is 1. The van der Waals surface area contributed by atoms with E-state index < -0.39 is 5.97 Å². The topological polar surface area (TPSA) is 63.8 Å². The van der Waals surface area contributed by atoms with Gasteiger partial charge in [-0.05, 0) is 19.1 Å². The van der Waals surface area contributed by atoms with E-state index >= 15 is 0 Å². The fourth-order valence-electron chi connectivity index (χ4n) is 1.69. The number of hydrogen-bond donors (Lipinski definition) is 1. The SMILES string of the molecule is COCc1cc(C)n2ccc(C(=O)O)c2n1. The fourth-order valence-corrected chi connectivity index (χ4v) is 1.69. The van der Waals surface area contributed by atoms with Gasteiger partial charge in [-0.3, -0.25) is 0 Å². The van der Waals surface area contributed by atoms with Crippen LogP contribution in [0.3, 0.4) is 0 Å². The lowest BCUT2D eigenvalue weighted by molar-refractivity contribution is 0.0699. The Morgan fingerprint density at radius 3 is 3.00 bits per heavy atom. The Morgan fingerprint density at radius 1 is 1.62 bits per heavy atom. The number of aromatic nitrogens is 2. The van der Waals surface area contributed by atoms with Crippen molar-refractivity contribution in [3.05, 3.63) is 35.3 Å². The van der Waals surface area contributed by atoms with Crippen LogP contribution in [-0.4, -0.2) is 27.6 Å². The maximum Gasteiger partial charge on any atom is 0.339 e. The van der Waals surface area contributed by atoms with Crippen molar-refractivity contribution >= 4 is 11.6 Å². The van der Waals surface area contributed by atoms with Gasteiger partial charge in [-0.2, -0.15) is 0 Å². The van der Waals surface area contributed by atoms with Gasteiger partial charge in [0.1, 0.15) is 5.56 Å². The fraction of sp³-hybridized carbons (Fsp3) is 0.273. The standard InChI is InChI=1S/C11H12N2O3/c1-7-5-8(6-16-2)12-10-9(11(14)15)3-4-13(7)10/h3-5H,6H2,1-2H3,(H,14,15). The van der Waals surface area contributed by atoms with E-state index in [4.69, 9.17) is 9.84 Å². The summed E-state index contributed by atoms with van der Waals surface area (Å²) in [6.45, 7) is 2.28. The predicted molar refractivity (Wildman–Crippen MR) is 57.6 cm³/mol. The second-order valence-electron chi connectivity index (χ2n) is 3.55. The summed E-state index contributed by atoms with van der Waals surface area (Å²) < 4.78 is 6.74. The van der Waals surface area contributed by atoms with Gasteiger partial charge < -0.3 is 14.2 Å².